The number of hydrogen-bond acceptors (Lipinski definition) is 3. The molecular formula is C19H28O3. The van der Waals surface area contributed by atoms with Crippen LogP contribution in [0.15, 0.2) is 18.2 Å². The van der Waals surface area contributed by atoms with E-state index in [0.717, 1.165) is 38.0 Å². The number of carbonyl (C=O) groups excluding carboxylic acids is 1. The molecule has 3 nitrogen and oxygen atoms in total. The van der Waals surface area contributed by atoms with Gasteiger partial charge in [-0.15, -0.1) is 0 Å². The molecule has 1 aliphatic carbocycles. The molecule has 0 aliphatic heterocycles. The van der Waals surface area contributed by atoms with Crippen molar-refractivity contribution in [3.8, 4) is 5.75 Å². The number of hydrogen-bond donors (Lipinski definition) is 0. The molecule has 0 saturated heterocycles. The quantitative estimate of drug-likeness (QED) is 0.670. The van der Waals surface area contributed by atoms with Crippen LogP contribution in [0.3, 0.4) is 0 Å². The molecule has 122 valence electrons. The third kappa shape index (κ3) is 4.25. The Balaban J connectivity index is 1.94. The van der Waals surface area contributed by atoms with Gasteiger partial charge in [-0.1, -0.05) is 32.9 Å². The zero-order chi connectivity index (χ0) is 16.1. The molecule has 0 bridgehead atoms. The van der Waals surface area contributed by atoms with Crippen molar-refractivity contribution in [1.82, 2.24) is 0 Å². The number of carbonyl (C=O) groups is 1. The molecule has 1 fully saturated rings. The minimum absolute atomic E-state index is 0.0452. The van der Waals surface area contributed by atoms with E-state index in [-0.39, 0.29) is 11.9 Å². The Hall–Kier alpha value is -1.51. The molecule has 1 aliphatic rings. The van der Waals surface area contributed by atoms with Crippen molar-refractivity contribution in [2.45, 2.75) is 52.4 Å². The molecule has 0 heterocycles. The van der Waals surface area contributed by atoms with Gasteiger partial charge in [0.25, 0.3) is 0 Å². The van der Waals surface area contributed by atoms with Gasteiger partial charge in [0.05, 0.1) is 19.6 Å². The fourth-order valence-electron chi connectivity index (χ4n) is 2.91. The van der Waals surface area contributed by atoms with Crippen molar-refractivity contribution in [1.29, 1.82) is 0 Å². The summed E-state index contributed by atoms with van der Waals surface area (Å²) < 4.78 is 10.6. The van der Waals surface area contributed by atoms with E-state index in [0.29, 0.717) is 11.8 Å². The minimum atomic E-state index is -0.0452. The number of esters is 1. The van der Waals surface area contributed by atoms with Crippen LogP contribution in [0.1, 0.15) is 57.1 Å². The summed E-state index contributed by atoms with van der Waals surface area (Å²) in [5.74, 6) is 2.07. The fraction of sp³-hybridized carbons (Fsp3) is 0.632. The summed E-state index contributed by atoms with van der Waals surface area (Å²) in [6.07, 6.45) is 4.09. The zero-order valence-electron chi connectivity index (χ0n) is 14.2. The SMILES string of the molecule is CCCOc1ccc(CCC2CC2C(=O)OC)cc1C(C)C. The maximum absolute atomic E-state index is 11.4. The molecule has 1 aromatic carbocycles. The number of rotatable bonds is 8. The van der Waals surface area contributed by atoms with Crippen molar-refractivity contribution in [2.75, 3.05) is 13.7 Å². The molecule has 0 amide bonds. The second kappa shape index (κ2) is 7.66. The zero-order valence-corrected chi connectivity index (χ0v) is 14.2. The van der Waals surface area contributed by atoms with Crippen LogP contribution in [0.25, 0.3) is 0 Å². The predicted octanol–water partition coefficient (Wildman–Crippen LogP) is 4.34. The number of ether oxygens (including phenoxy) is 2. The van der Waals surface area contributed by atoms with E-state index in [1.165, 1.54) is 18.2 Å². The molecule has 2 unspecified atom stereocenters. The molecule has 22 heavy (non-hydrogen) atoms. The van der Waals surface area contributed by atoms with E-state index in [9.17, 15) is 4.79 Å². The Bertz CT molecular complexity index is 507. The van der Waals surface area contributed by atoms with Crippen molar-refractivity contribution in [3.05, 3.63) is 29.3 Å². The lowest BCUT2D eigenvalue weighted by Crippen LogP contribution is -2.05. The van der Waals surface area contributed by atoms with Gasteiger partial charge in [0.2, 0.25) is 0 Å². The molecule has 3 heteroatoms. The fourth-order valence-corrected chi connectivity index (χ4v) is 2.91. The highest BCUT2D eigenvalue weighted by atomic mass is 16.5. The highest BCUT2D eigenvalue weighted by Crippen LogP contribution is 2.43. The number of methoxy groups -OCH3 is 1. The second-order valence-corrected chi connectivity index (χ2v) is 6.54. The minimum Gasteiger partial charge on any atom is -0.493 e. The number of aryl methyl sites for hydroxylation is 1. The van der Waals surface area contributed by atoms with Crippen LogP contribution in [0.2, 0.25) is 0 Å². The molecule has 0 spiro atoms. The Kier molecular flexibility index (Phi) is 5.87. The smallest absolute Gasteiger partial charge is 0.308 e. The summed E-state index contributed by atoms with van der Waals surface area (Å²) in [6, 6.07) is 6.53. The average Bonchev–Trinajstić information content (AvgIpc) is 3.30. The molecule has 1 aromatic rings. The van der Waals surface area contributed by atoms with Crippen molar-refractivity contribution in [2.24, 2.45) is 11.8 Å². The van der Waals surface area contributed by atoms with Gasteiger partial charge in [0, 0.05) is 0 Å². The van der Waals surface area contributed by atoms with Gasteiger partial charge in [-0.2, -0.15) is 0 Å². The van der Waals surface area contributed by atoms with E-state index in [1.807, 2.05) is 0 Å². The van der Waals surface area contributed by atoms with Crippen LogP contribution < -0.4 is 4.74 Å². The first kappa shape index (κ1) is 16.9. The van der Waals surface area contributed by atoms with Gasteiger partial charge in [0.15, 0.2) is 0 Å². The van der Waals surface area contributed by atoms with Crippen molar-refractivity contribution >= 4 is 5.97 Å². The highest BCUT2D eigenvalue weighted by Gasteiger charge is 2.43. The first-order valence-corrected chi connectivity index (χ1v) is 8.40. The molecule has 0 aromatic heterocycles. The Morgan fingerprint density at radius 3 is 2.77 bits per heavy atom. The highest BCUT2D eigenvalue weighted by molar-refractivity contribution is 5.75. The molecule has 2 rings (SSSR count). The topological polar surface area (TPSA) is 35.5 Å². The summed E-state index contributed by atoms with van der Waals surface area (Å²) in [4.78, 5) is 11.4. The van der Waals surface area contributed by atoms with Crippen molar-refractivity contribution < 1.29 is 14.3 Å². The van der Waals surface area contributed by atoms with Gasteiger partial charge in [-0.3, -0.25) is 4.79 Å². The monoisotopic (exact) mass is 304 g/mol. The lowest BCUT2D eigenvalue weighted by Gasteiger charge is -2.15. The van der Waals surface area contributed by atoms with E-state index in [1.54, 1.807) is 0 Å². The molecular weight excluding hydrogens is 276 g/mol. The van der Waals surface area contributed by atoms with Gasteiger partial charge >= 0.3 is 5.97 Å². The van der Waals surface area contributed by atoms with Gasteiger partial charge < -0.3 is 9.47 Å². The Labute approximate surface area is 134 Å². The Morgan fingerprint density at radius 1 is 1.36 bits per heavy atom. The van der Waals surface area contributed by atoms with Crippen LogP contribution in [0.4, 0.5) is 0 Å². The summed E-state index contributed by atoms with van der Waals surface area (Å²) in [5.41, 5.74) is 2.62. The van der Waals surface area contributed by atoms with Crippen molar-refractivity contribution in [3.63, 3.8) is 0 Å². The van der Waals surface area contributed by atoms with Gasteiger partial charge in [-0.25, -0.2) is 0 Å². The summed E-state index contributed by atoms with van der Waals surface area (Å²) in [6.45, 7) is 7.29. The first-order chi connectivity index (χ1) is 10.6. The third-order valence-corrected chi connectivity index (χ3v) is 4.39. The van der Waals surface area contributed by atoms with Gasteiger partial charge in [-0.05, 0) is 54.7 Å². The first-order valence-electron chi connectivity index (χ1n) is 8.40. The van der Waals surface area contributed by atoms with Crippen LogP contribution in [-0.2, 0) is 16.0 Å². The normalized spacial score (nSPS) is 20.0. The predicted molar refractivity (Wildman–Crippen MR) is 88.3 cm³/mol. The van der Waals surface area contributed by atoms with E-state index in [4.69, 9.17) is 9.47 Å². The van der Waals surface area contributed by atoms with Crippen LogP contribution >= 0.6 is 0 Å². The lowest BCUT2D eigenvalue weighted by atomic mass is 9.97. The average molecular weight is 304 g/mol. The van der Waals surface area contributed by atoms with E-state index >= 15 is 0 Å². The lowest BCUT2D eigenvalue weighted by molar-refractivity contribution is -0.142. The standard InChI is InChI=1S/C19H28O3/c1-5-10-22-18-9-7-14(11-16(18)13(2)3)6-8-15-12-17(15)19(20)21-4/h7,9,11,13,15,17H,5-6,8,10,12H2,1-4H3. The molecule has 0 radical (unpaired) electrons. The molecule has 1 saturated carbocycles. The van der Waals surface area contributed by atoms with Crippen LogP contribution in [-0.4, -0.2) is 19.7 Å². The number of benzene rings is 1. The van der Waals surface area contributed by atoms with Crippen LogP contribution in [0.5, 0.6) is 5.75 Å². The van der Waals surface area contributed by atoms with E-state index < -0.39 is 0 Å². The maximum Gasteiger partial charge on any atom is 0.308 e. The summed E-state index contributed by atoms with van der Waals surface area (Å²) in [5, 5.41) is 0. The molecule has 0 N–H and O–H groups in total. The molecule has 2 atom stereocenters. The van der Waals surface area contributed by atoms with Crippen LogP contribution in [0, 0.1) is 11.8 Å². The Morgan fingerprint density at radius 2 is 2.14 bits per heavy atom. The summed E-state index contributed by atoms with van der Waals surface area (Å²) >= 11 is 0. The second-order valence-electron chi connectivity index (χ2n) is 6.54. The summed E-state index contributed by atoms with van der Waals surface area (Å²) in [7, 11) is 1.47. The third-order valence-electron chi connectivity index (χ3n) is 4.39. The maximum atomic E-state index is 11.4. The van der Waals surface area contributed by atoms with E-state index in [2.05, 4.69) is 39.0 Å². The van der Waals surface area contributed by atoms with Gasteiger partial charge in [0.1, 0.15) is 5.75 Å². The largest absolute Gasteiger partial charge is 0.493 e.